The number of hydrogen-bond acceptors (Lipinski definition) is 8. The van der Waals surface area contributed by atoms with Crippen molar-refractivity contribution in [2.75, 3.05) is 63.9 Å². The summed E-state index contributed by atoms with van der Waals surface area (Å²) in [7, 11) is 3.21. The molecular formula is C27H35N5O5. The monoisotopic (exact) mass is 509 g/mol. The fourth-order valence-corrected chi connectivity index (χ4v) is 4.54. The molecule has 37 heavy (non-hydrogen) atoms. The summed E-state index contributed by atoms with van der Waals surface area (Å²) >= 11 is 0. The van der Waals surface area contributed by atoms with Crippen LogP contribution in [0.2, 0.25) is 0 Å². The Hall–Kier alpha value is -3.92. The van der Waals surface area contributed by atoms with Gasteiger partial charge in [0.2, 0.25) is 0 Å². The molecule has 2 aromatic rings. The Morgan fingerprint density at radius 3 is 2.35 bits per heavy atom. The minimum Gasteiger partial charge on any atom is -0.497 e. The molecule has 2 aliphatic rings. The van der Waals surface area contributed by atoms with Gasteiger partial charge >= 0.3 is 11.8 Å². The molecular weight excluding hydrogens is 474 g/mol. The molecule has 0 saturated carbocycles. The van der Waals surface area contributed by atoms with Crippen LogP contribution in [0, 0.1) is 0 Å². The van der Waals surface area contributed by atoms with Crippen molar-refractivity contribution >= 4 is 28.9 Å². The van der Waals surface area contributed by atoms with Crippen LogP contribution in [0.5, 0.6) is 11.5 Å². The molecule has 0 aromatic heterocycles. The van der Waals surface area contributed by atoms with E-state index in [2.05, 4.69) is 37.9 Å². The second-order valence-electron chi connectivity index (χ2n) is 9.69. The van der Waals surface area contributed by atoms with E-state index in [-0.39, 0.29) is 0 Å². The minimum atomic E-state index is -0.728. The first-order valence-electron chi connectivity index (χ1n) is 12.3. The summed E-state index contributed by atoms with van der Waals surface area (Å²) in [5.41, 5.74) is 2.64. The number of carbonyl (C=O) groups excluding carboxylic acids is 2. The van der Waals surface area contributed by atoms with Gasteiger partial charge in [-0.25, -0.2) is 0 Å². The van der Waals surface area contributed by atoms with Gasteiger partial charge in [0.1, 0.15) is 17.8 Å². The van der Waals surface area contributed by atoms with Gasteiger partial charge in [0.25, 0.3) is 0 Å². The average Bonchev–Trinajstić information content (AvgIpc) is 3.43. The van der Waals surface area contributed by atoms with E-state index in [1.54, 1.807) is 38.7 Å². The standard InChI is InChI=1S/C27H35N5O5/c1-27(2,17-31-11-13-32(14-12-31)20-6-8-21(35-3)9-7-20)30-26(34)25(33)29-19-5-10-22(24(15-19)36-4)23-16-37-18-28-23/h5-10,15-16,28H,11-14,17-18H2,1-4H3,(H,29,33)(H,30,34). The van der Waals surface area contributed by atoms with E-state index in [4.69, 9.17) is 14.2 Å². The Labute approximate surface area is 217 Å². The van der Waals surface area contributed by atoms with Crippen LogP contribution in [0.3, 0.4) is 0 Å². The van der Waals surface area contributed by atoms with Crippen LogP contribution in [-0.2, 0) is 14.3 Å². The summed E-state index contributed by atoms with van der Waals surface area (Å²) in [6.07, 6.45) is 1.62. The summed E-state index contributed by atoms with van der Waals surface area (Å²) in [5, 5.41) is 8.63. The number of nitrogens with zero attached hydrogens (tertiary/aromatic N) is 2. The van der Waals surface area contributed by atoms with Gasteiger partial charge in [-0.15, -0.1) is 0 Å². The third-order valence-electron chi connectivity index (χ3n) is 6.38. The van der Waals surface area contributed by atoms with Crippen molar-refractivity contribution < 1.29 is 23.8 Å². The van der Waals surface area contributed by atoms with E-state index in [9.17, 15) is 9.59 Å². The zero-order valence-corrected chi connectivity index (χ0v) is 21.8. The number of carbonyl (C=O) groups is 2. The van der Waals surface area contributed by atoms with E-state index in [0.717, 1.165) is 43.2 Å². The van der Waals surface area contributed by atoms with Gasteiger partial charge in [0.15, 0.2) is 6.73 Å². The summed E-state index contributed by atoms with van der Waals surface area (Å²) < 4.78 is 15.9. The lowest BCUT2D eigenvalue weighted by Crippen LogP contribution is -2.57. The van der Waals surface area contributed by atoms with Gasteiger partial charge in [-0.1, -0.05) is 0 Å². The fraction of sp³-hybridized carbons (Fsp3) is 0.407. The van der Waals surface area contributed by atoms with Crippen LogP contribution >= 0.6 is 0 Å². The number of amides is 2. The van der Waals surface area contributed by atoms with Crippen LogP contribution in [0.15, 0.2) is 48.7 Å². The Bertz CT molecular complexity index is 1140. The Morgan fingerprint density at radius 1 is 1.00 bits per heavy atom. The third-order valence-corrected chi connectivity index (χ3v) is 6.38. The zero-order valence-electron chi connectivity index (χ0n) is 21.8. The van der Waals surface area contributed by atoms with Crippen molar-refractivity contribution in [3.63, 3.8) is 0 Å². The summed E-state index contributed by atoms with van der Waals surface area (Å²) in [6, 6.07) is 13.3. The van der Waals surface area contributed by atoms with Crippen molar-refractivity contribution in [2.24, 2.45) is 0 Å². The molecule has 2 aliphatic heterocycles. The maximum absolute atomic E-state index is 12.7. The third kappa shape index (κ3) is 6.65. The predicted molar refractivity (Wildman–Crippen MR) is 143 cm³/mol. The highest BCUT2D eigenvalue weighted by Crippen LogP contribution is 2.29. The Kier molecular flexibility index (Phi) is 8.08. The molecule has 198 valence electrons. The van der Waals surface area contributed by atoms with Gasteiger partial charge in [-0.05, 0) is 50.2 Å². The van der Waals surface area contributed by atoms with Gasteiger partial charge in [0.05, 0.1) is 19.9 Å². The molecule has 2 heterocycles. The number of nitrogens with one attached hydrogen (secondary N) is 3. The molecule has 0 atom stereocenters. The Morgan fingerprint density at radius 2 is 1.73 bits per heavy atom. The predicted octanol–water partition coefficient (Wildman–Crippen LogP) is 2.24. The lowest BCUT2D eigenvalue weighted by Gasteiger charge is -2.40. The number of rotatable bonds is 8. The summed E-state index contributed by atoms with van der Waals surface area (Å²) in [6.45, 7) is 8.37. The molecule has 0 spiro atoms. The van der Waals surface area contributed by atoms with Crippen LogP contribution in [-0.4, -0.2) is 75.9 Å². The largest absolute Gasteiger partial charge is 0.497 e. The first kappa shape index (κ1) is 26.2. The van der Waals surface area contributed by atoms with Gasteiger partial charge in [-0.2, -0.15) is 0 Å². The number of piperazine rings is 1. The van der Waals surface area contributed by atoms with Gasteiger partial charge in [0, 0.05) is 61.3 Å². The van der Waals surface area contributed by atoms with Crippen molar-refractivity contribution in [1.82, 2.24) is 15.5 Å². The maximum Gasteiger partial charge on any atom is 0.313 e. The molecule has 0 radical (unpaired) electrons. The van der Waals surface area contributed by atoms with E-state index in [0.29, 0.717) is 24.7 Å². The number of ether oxygens (including phenoxy) is 3. The average molecular weight is 510 g/mol. The molecule has 10 heteroatoms. The second-order valence-corrected chi connectivity index (χ2v) is 9.69. The van der Waals surface area contributed by atoms with Crippen LogP contribution in [0.4, 0.5) is 11.4 Å². The second kappa shape index (κ2) is 11.4. The van der Waals surface area contributed by atoms with E-state index >= 15 is 0 Å². The lowest BCUT2D eigenvalue weighted by atomic mass is 10.0. The van der Waals surface area contributed by atoms with Crippen molar-refractivity contribution in [1.29, 1.82) is 0 Å². The molecule has 1 fully saturated rings. The van der Waals surface area contributed by atoms with Crippen LogP contribution in [0.1, 0.15) is 19.4 Å². The molecule has 4 rings (SSSR count). The highest BCUT2D eigenvalue weighted by molar-refractivity contribution is 6.39. The SMILES string of the molecule is COc1ccc(N2CCN(CC(C)(C)NC(=O)C(=O)Nc3ccc(C4=COCN4)c(OC)c3)CC2)cc1. The topological polar surface area (TPSA) is 104 Å². The highest BCUT2D eigenvalue weighted by Gasteiger charge is 2.29. The highest BCUT2D eigenvalue weighted by atomic mass is 16.5. The van der Waals surface area contributed by atoms with Crippen molar-refractivity contribution in [2.45, 2.75) is 19.4 Å². The normalized spacial score (nSPS) is 15.8. The van der Waals surface area contributed by atoms with Crippen LogP contribution in [0.25, 0.3) is 5.70 Å². The smallest absolute Gasteiger partial charge is 0.313 e. The molecule has 2 aromatic carbocycles. The van der Waals surface area contributed by atoms with Gasteiger partial charge in [-0.3, -0.25) is 14.5 Å². The first-order valence-corrected chi connectivity index (χ1v) is 12.3. The van der Waals surface area contributed by atoms with E-state index < -0.39 is 17.4 Å². The number of hydrogen-bond donors (Lipinski definition) is 3. The van der Waals surface area contributed by atoms with Crippen molar-refractivity contribution in [3.8, 4) is 11.5 Å². The number of anilines is 2. The molecule has 2 amide bonds. The molecule has 1 saturated heterocycles. The molecule has 0 unspecified atom stereocenters. The zero-order chi connectivity index (χ0) is 26.4. The van der Waals surface area contributed by atoms with Gasteiger partial charge < -0.3 is 35.1 Å². The molecule has 0 bridgehead atoms. The summed E-state index contributed by atoms with van der Waals surface area (Å²) in [5.74, 6) is -0.0158. The van der Waals surface area contributed by atoms with Crippen LogP contribution < -0.4 is 30.3 Å². The Balaban J connectivity index is 1.27. The van der Waals surface area contributed by atoms with E-state index in [1.165, 1.54) is 5.69 Å². The number of methoxy groups -OCH3 is 2. The molecule has 3 N–H and O–H groups in total. The number of benzene rings is 2. The fourth-order valence-electron chi connectivity index (χ4n) is 4.54. The first-order chi connectivity index (χ1) is 17.8. The lowest BCUT2D eigenvalue weighted by molar-refractivity contribution is -0.137. The minimum absolute atomic E-state index is 0.394. The van der Waals surface area contributed by atoms with E-state index in [1.807, 2.05) is 26.0 Å². The quantitative estimate of drug-likeness (QED) is 0.466. The molecule has 10 nitrogen and oxygen atoms in total. The maximum atomic E-state index is 12.7. The summed E-state index contributed by atoms with van der Waals surface area (Å²) in [4.78, 5) is 30.0. The molecule has 0 aliphatic carbocycles. The van der Waals surface area contributed by atoms with Crippen molar-refractivity contribution in [3.05, 3.63) is 54.3 Å².